The summed E-state index contributed by atoms with van der Waals surface area (Å²) in [5.41, 5.74) is 1.66. The first-order chi connectivity index (χ1) is 15.5. The maximum Gasteiger partial charge on any atom is 0.273 e. The lowest BCUT2D eigenvalue weighted by atomic mass is 9.92. The third kappa shape index (κ3) is 4.98. The summed E-state index contributed by atoms with van der Waals surface area (Å²) in [6.45, 7) is 2.22. The molecule has 4 rings (SSSR count). The quantitative estimate of drug-likeness (QED) is 0.427. The van der Waals surface area contributed by atoms with Gasteiger partial charge in [0.05, 0.1) is 16.8 Å². The van der Waals surface area contributed by atoms with E-state index in [4.69, 9.17) is 0 Å². The Kier molecular flexibility index (Phi) is 6.52. The van der Waals surface area contributed by atoms with Crippen molar-refractivity contribution < 1.29 is 14.8 Å². The van der Waals surface area contributed by atoms with E-state index in [1.54, 1.807) is 12.1 Å². The summed E-state index contributed by atoms with van der Waals surface area (Å²) in [6.07, 6.45) is 2.21. The Labute approximate surface area is 184 Å². The Bertz CT molecular complexity index is 1090. The minimum Gasteiger partial charge on any atom is -0.396 e. The monoisotopic (exact) mass is 436 g/mol. The lowest BCUT2D eigenvalue weighted by molar-refractivity contribution is -0.384. The first kappa shape index (κ1) is 21.6. The number of non-ortho nitro benzene ring substituents is 1. The van der Waals surface area contributed by atoms with E-state index in [0.29, 0.717) is 12.2 Å². The van der Waals surface area contributed by atoms with Crippen LogP contribution in [0.15, 0.2) is 60.8 Å². The second-order valence-electron chi connectivity index (χ2n) is 7.86. The summed E-state index contributed by atoms with van der Waals surface area (Å²) >= 11 is 0. The van der Waals surface area contributed by atoms with Crippen molar-refractivity contribution in [2.24, 2.45) is 5.92 Å². The van der Waals surface area contributed by atoms with Gasteiger partial charge in [-0.25, -0.2) is 4.68 Å². The lowest BCUT2D eigenvalue weighted by Gasteiger charge is -2.38. The summed E-state index contributed by atoms with van der Waals surface area (Å²) in [5, 5.41) is 31.6. The fourth-order valence-electron chi connectivity index (χ4n) is 3.92. The van der Waals surface area contributed by atoms with Crippen molar-refractivity contribution in [3.8, 4) is 5.69 Å². The fourth-order valence-corrected chi connectivity index (χ4v) is 3.92. The number of piperidine rings is 1. The highest BCUT2D eigenvalue weighted by molar-refractivity contribution is 5.92. The van der Waals surface area contributed by atoms with Crippen LogP contribution in [0, 0.1) is 16.0 Å². The zero-order valence-electron chi connectivity index (χ0n) is 17.4. The number of nitro benzene ring substituents is 1. The Morgan fingerprint density at radius 3 is 2.78 bits per heavy atom. The average molecular weight is 436 g/mol. The number of amides is 1. The van der Waals surface area contributed by atoms with E-state index in [1.807, 2.05) is 18.2 Å². The Morgan fingerprint density at radius 1 is 1.22 bits per heavy atom. The molecule has 0 bridgehead atoms. The molecule has 0 aliphatic carbocycles. The van der Waals surface area contributed by atoms with Crippen molar-refractivity contribution >= 4 is 11.6 Å². The molecule has 3 aromatic rings. The number of aliphatic hydroxyl groups is 1. The Morgan fingerprint density at radius 2 is 2.03 bits per heavy atom. The van der Waals surface area contributed by atoms with Crippen LogP contribution in [0.1, 0.15) is 22.5 Å². The van der Waals surface area contributed by atoms with Crippen LogP contribution < -0.4 is 5.32 Å². The molecule has 32 heavy (non-hydrogen) atoms. The summed E-state index contributed by atoms with van der Waals surface area (Å²) in [7, 11) is 0. The molecule has 1 aliphatic rings. The molecule has 10 heteroatoms. The molecule has 2 aromatic carbocycles. The highest BCUT2D eigenvalue weighted by Gasteiger charge is 2.30. The number of aromatic nitrogens is 3. The van der Waals surface area contributed by atoms with Crippen molar-refractivity contribution in [3.63, 3.8) is 0 Å². The molecule has 1 aliphatic heterocycles. The van der Waals surface area contributed by atoms with Crippen molar-refractivity contribution in [1.82, 2.24) is 25.2 Å². The molecule has 0 saturated carbocycles. The van der Waals surface area contributed by atoms with Gasteiger partial charge in [-0.2, -0.15) is 0 Å². The van der Waals surface area contributed by atoms with Gasteiger partial charge in [-0.15, -0.1) is 5.10 Å². The zero-order chi connectivity index (χ0) is 22.5. The first-order valence-corrected chi connectivity index (χ1v) is 10.4. The van der Waals surface area contributed by atoms with Gasteiger partial charge in [-0.05, 0) is 24.6 Å². The standard InChI is InChI=1S/C22H24N6O4/c29-15-17-9-10-26(12-16-5-2-1-3-6-16)13-20(17)23-22(30)21-14-27(25-24-21)18-7-4-8-19(11-18)28(31)32/h1-8,11,14,17,20,29H,9-10,12-13,15H2,(H,23,30). The average Bonchev–Trinajstić information content (AvgIpc) is 3.31. The molecular weight excluding hydrogens is 412 g/mol. The smallest absolute Gasteiger partial charge is 0.273 e. The van der Waals surface area contributed by atoms with Crippen LogP contribution in [0.5, 0.6) is 0 Å². The molecular formula is C22H24N6O4. The summed E-state index contributed by atoms with van der Waals surface area (Å²) in [6, 6.07) is 15.8. The molecule has 1 fully saturated rings. The molecule has 1 amide bonds. The van der Waals surface area contributed by atoms with E-state index in [9.17, 15) is 20.0 Å². The van der Waals surface area contributed by atoms with Crippen LogP contribution >= 0.6 is 0 Å². The van der Waals surface area contributed by atoms with E-state index in [1.165, 1.54) is 28.6 Å². The summed E-state index contributed by atoms with van der Waals surface area (Å²) < 4.78 is 1.33. The van der Waals surface area contributed by atoms with Gasteiger partial charge in [0.1, 0.15) is 0 Å². The lowest BCUT2D eigenvalue weighted by Crippen LogP contribution is -2.53. The van der Waals surface area contributed by atoms with Gasteiger partial charge in [0.15, 0.2) is 5.69 Å². The molecule has 0 spiro atoms. The summed E-state index contributed by atoms with van der Waals surface area (Å²) in [4.78, 5) is 25.6. The van der Waals surface area contributed by atoms with Crippen molar-refractivity contribution in [2.75, 3.05) is 19.7 Å². The van der Waals surface area contributed by atoms with Crippen LogP contribution in [0.4, 0.5) is 5.69 Å². The Hall–Kier alpha value is -3.63. The number of nitrogens with zero attached hydrogens (tertiary/aromatic N) is 5. The molecule has 2 N–H and O–H groups in total. The predicted molar refractivity (Wildman–Crippen MR) is 116 cm³/mol. The van der Waals surface area contributed by atoms with Crippen molar-refractivity contribution in [2.45, 2.75) is 19.0 Å². The van der Waals surface area contributed by atoms with Gasteiger partial charge in [-0.3, -0.25) is 19.8 Å². The number of carbonyl (C=O) groups excluding carboxylic acids is 1. The second-order valence-corrected chi connectivity index (χ2v) is 7.86. The number of aliphatic hydroxyl groups excluding tert-OH is 1. The molecule has 2 heterocycles. The van der Waals surface area contributed by atoms with Gasteiger partial charge in [0.25, 0.3) is 11.6 Å². The van der Waals surface area contributed by atoms with E-state index in [0.717, 1.165) is 19.5 Å². The third-order valence-corrected chi connectivity index (χ3v) is 5.67. The fraction of sp³-hybridized carbons (Fsp3) is 0.318. The maximum atomic E-state index is 12.8. The molecule has 2 unspecified atom stereocenters. The van der Waals surface area contributed by atoms with Crippen LogP contribution in [0.3, 0.4) is 0 Å². The van der Waals surface area contributed by atoms with Crippen molar-refractivity contribution in [3.05, 3.63) is 82.2 Å². The van der Waals surface area contributed by atoms with Gasteiger partial charge >= 0.3 is 0 Å². The summed E-state index contributed by atoms with van der Waals surface area (Å²) in [5.74, 6) is -0.440. The van der Waals surface area contributed by atoms with E-state index < -0.39 is 10.8 Å². The van der Waals surface area contributed by atoms with E-state index in [2.05, 4.69) is 32.7 Å². The van der Waals surface area contributed by atoms with Gasteiger partial charge in [0, 0.05) is 43.8 Å². The Balaban J connectivity index is 1.44. The molecule has 10 nitrogen and oxygen atoms in total. The third-order valence-electron chi connectivity index (χ3n) is 5.67. The van der Waals surface area contributed by atoms with Gasteiger partial charge in [0.2, 0.25) is 0 Å². The van der Waals surface area contributed by atoms with E-state index >= 15 is 0 Å². The number of hydrogen-bond acceptors (Lipinski definition) is 7. The highest BCUT2D eigenvalue weighted by atomic mass is 16.6. The minimum absolute atomic E-state index is 0.00943. The van der Waals surface area contributed by atoms with Crippen LogP contribution in [-0.4, -0.2) is 61.6 Å². The molecule has 2 atom stereocenters. The van der Waals surface area contributed by atoms with Gasteiger partial charge in [-0.1, -0.05) is 41.6 Å². The molecule has 1 saturated heterocycles. The predicted octanol–water partition coefficient (Wildman–Crippen LogP) is 1.79. The topological polar surface area (TPSA) is 126 Å². The van der Waals surface area contributed by atoms with E-state index in [-0.39, 0.29) is 29.9 Å². The number of rotatable bonds is 7. The SMILES string of the molecule is O=C(NC1CN(Cc2ccccc2)CCC1CO)c1cn(-c2cccc([N+](=O)[O-])c2)nn1. The van der Waals surface area contributed by atoms with Crippen LogP contribution in [0.2, 0.25) is 0 Å². The number of carbonyl (C=O) groups is 1. The second kappa shape index (κ2) is 9.67. The number of hydrogen-bond donors (Lipinski definition) is 2. The molecule has 1 aromatic heterocycles. The number of nitrogens with one attached hydrogen (secondary N) is 1. The maximum absolute atomic E-state index is 12.8. The molecule has 166 valence electrons. The van der Waals surface area contributed by atoms with Crippen LogP contribution in [0.25, 0.3) is 5.69 Å². The largest absolute Gasteiger partial charge is 0.396 e. The number of nitro groups is 1. The van der Waals surface area contributed by atoms with Crippen LogP contribution in [-0.2, 0) is 6.54 Å². The minimum atomic E-state index is -0.493. The van der Waals surface area contributed by atoms with Crippen molar-refractivity contribution in [1.29, 1.82) is 0 Å². The molecule has 0 radical (unpaired) electrons. The normalized spacial score (nSPS) is 18.9. The number of benzene rings is 2. The first-order valence-electron chi connectivity index (χ1n) is 10.4. The zero-order valence-corrected chi connectivity index (χ0v) is 17.4. The number of likely N-dealkylation sites (tertiary alicyclic amines) is 1. The highest BCUT2D eigenvalue weighted by Crippen LogP contribution is 2.20. The van der Waals surface area contributed by atoms with Gasteiger partial charge < -0.3 is 10.4 Å².